The average molecular weight is 264 g/mol. The summed E-state index contributed by atoms with van der Waals surface area (Å²) in [5, 5.41) is 3.25. The summed E-state index contributed by atoms with van der Waals surface area (Å²) < 4.78 is 5.69. The van der Waals surface area contributed by atoms with Crippen LogP contribution in [0.3, 0.4) is 0 Å². The number of hydrogen-bond donors (Lipinski definition) is 1. The van der Waals surface area contributed by atoms with Gasteiger partial charge in [0.1, 0.15) is 11.6 Å². The highest BCUT2D eigenvalue weighted by atomic mass is 16.5. The molecule has 2 rings (SSSR count). The fourth-order valence-corrected chi connectivity index (χ4v) is 2.34. The van der Waals surface area contributed by atoms with Crippen molar-refractivity contribution >= 4 is 5.82 Å². The van der Waals surface area contributed by atoms with Crippen LogP contribution in [0.2, 0.25) is 0 Å². The summed E-state index contributed by atoms with van der Waals surface area (Å²) in [6, 6.07) is 1.99. The number of anilines is 1. The van der Waals surface area contributed by atoms with E-state index in [1.54, 1.807) is 0 Å². The van der Waals surface area contributed by atoms with E-state index in [2.05, 4.69) is 34.0 Å². The minimum Gasteiger partial charge on any atom is -0.376 e. The van der Waals surface area contributed by atoms with Gasteiger partial charge in [0.15, 0.2) is 0 Å². The number of nitrogens with one attached hydrogen (secondary N) is 1. The zero-order valence-corrected chi connectivity index (χ0v) is 12.1. The Morgan fingerprint density at radius 1 is 1.42 bits per heavy atom. The molecule has 1 N–H and O–H groups in total. The molecule has 0 amide bonds. The smallest absolute Gasteiger partial charge is 0.144 e. The third-order valence-electron chi connectivity index (χ3n) is 3.30. The Kier molecular flexibility index (Phi) is 5.10. The lowest BCUT2D eigenvalue weighted by molar-refractivity contribution is -0.0332. The lowest BCUT2D eigenvalue weighted by Gasteiger charge is -2.31. The van der Waals surface area contributed by atoms with Gasteiger partial charge in [0.25, 0.3) is 0 Å². The van der Waals surface area contributed by atoms with Crippen molar-refractivity contribution in [2.75, 3.05) is 31.6 Å². The largest absolute Gasteiger partial charge is 0.376 e. The van der Waals surface area contributed by atoms with Crippen LogP contribution in [0, 0.1) is 6.92 Å². The highest BCUT2D eigenvalue weighted by molar-refractivity contribution is 5.35. The maximum atomic E-state index is 5.69. The third kappa shape index (κ3) is 4.14. The first-order chi connectivity index (χ1) is 9.21. The van der Waals surface area contributed by atoms with E-state index >= 15 is 0 Å². The molecule has 1 aliphatic rings. The minimum atomic E-state index is 0.354. The van der Waals surface area contributed by atoms with Gasteiger partial charge < -0.3 is 10.1 Å². The summed E-state index contributed by atoms with van der Waals surface area (Å²) in [7, 11) is 0. The Hall–Kier alpha value is -1.20. The molecule has 0 saturated carbocycles. The van der Waals surface area contributed by atoms with Gasteiger partial charge in [-0.3, -0.25) is 4.90 Å². The SMILES string of the molecule is CCNc1cc(C)nc(CN2CCOC(CC)C2)n1. The number of ether oxygens (including phenoxy) is 1. The minimum absolute atomic E-state index is 0.354. The highest BCUT2D eigenvalue weighted by Crippen LogP contribution is 2.12. The molecule has 5 nitrogen and oxygen atoms in total. The van der Waals surface area contributed by atoms with Crippen molar-refractivity contribution in [1.29, 1.82) is 0 Å². The Morgan fingerprint density at radius 2 is 2.26 bits per heavy atom. The van der Waals surface area contributed by atoms with Crippen LogP contribution in [0.1, 0.15) is 31.8 Å². The highest BCUT2D eigenvalue weighted by Gasteiger charge is 2.19. The van der Waals surface area contributed by atoms with Crippen molar-refractivity contribution < 1.29 is 4.74 Å². The zero-order valence-electron chi connectivity index (χ0n) is 12.1. The molecular weight excluding hydrogens is 240 g/mol. The van der Waals surface area contributed by atoms with E-state index in [0.29, 0.717) is 6.10 Å². The maximum absolute atomic E-state index is 5.69. The summed E-state index contributed by atoms with van der Waals surface area (Å²) in [5.41, 5.74) is 1.02. The zero-order chi connectivity index (χ0) is 13.7. The Balaban J connectivity index is 2.01. The first kappa shape index (κ1) is 14.2. The van der Waals surface area contributed by atoms with Crippen molar-refractivity contribution in [3.05, 3.63) is 17.6 Å². The van der Waals surface area contributed by atoms with Gasteiger partial charge in [0.2, 0.25) is 0 Å². The van der Waals surface area contributed by atoms with Crippen LogP contribution in [0.15, 0.2) is 6.07 Å². The molecule has 1 fully saturated rings. The molecule has 1 saturated heterocycles. The topological polar surface area (TPSA) is 50.3 Å². The second kappa shape index (κ2) is 6.82. The summed E-state index contributed by atoms with van der Waals surface area (Å²) in [4.78, 5) is 11.5. The van der Waals surface area contributed by atoms with Crippen LogP contribution >= 0.6 is 0 Å². The molecule has 0 radical (unpaired) electrons. The molecule has 1 aromatic rings. The summed E-state index contributed by atoms with van der Waals surface area (Å²) >= 11 is 0. The van der Waals surface area contributed by atoms with E-state index in [0.717, 1.165) is 56.5 Å². The maximum Gasteiger partial charge on any atom is 0.144 e. The molecule has 19 heavy (non-hydrogen) atoms. The van der Waals surface area contributed by atoms with E-state index < -0.39 is 0 Å². The first-order valence-corrected chi connectivity index (χ1v) is 7.13. The molecule has 0 spiro atoms. The van der Waals surface area contributed by atoms with Gasteiger partial charge in [0.05, 0.1) is 19.3 Å². The normalized spacial score (nSPS) is 20.5. The average Bonchev–Trinajstić information content (AvgIpc) is 2.38. The molecule has 1 atom stereocenters. The van der Waals surface area contributed by atoms with Crippen LogP contribution in [0.25, 0.3) is 0 Å². The second-order valence-corrected chi connectivity index (χ2v) is 4.98. The van der Waals surface area contributed by atoms with Crippen molar-refractivity contribution in [1.82, 2.24) is 14.9 Å². The molecule has 0 bridgehead atoms. The molecule has 106 valence electrons. The van der Waals surface area contributed by atoms with Gasteiger partial charge in [-0.25, -0.2) is 9.97 Å². The Morgan fingerprint density at radius 3 is 3.00 bits per heavy atom. The molecule has 0 aromatic carbocycles. The predicted molar refractivity (Wildman–Crippen MR) is 76.2 cm³/mol. The third-order valence-corrected chi connectivity index (χ3v) is 3.30. The van der Waals surface area contributed by atoms with Crippen LogP contribution in [-0.4, -0.2) is 47.2 Å². The van der Waals surface area contributed by atoms with Crippen molar-refractivity contribution in [2.45, 2.75) is 39.8 Å². The predicted octanol–water partition coefficient (Wildman–Crippen LogP) is 1.83. The number of morpholine rings is 1. The first-order valence-electron chi connectivity index (χ1n) is 7.13. The van der Waals surface area contributed by atoms with Crippen molar-refractivity contribution in [2.24, 2.45) is 0 Å². The van der Waals surface area contributed by atoms with Gasteiger partial charge in [-0.1, -0.05) is 6.92 Å². The fourth-order valence-electron chi connectivity index (χ4n) is 2.34. The Labute approximate surface area is 115 Å². The summed E-state index contributed by atoms with van der Waals surface area (Å²) in [5.74, 6) is 1.82. The van der Waals surface area contributed by atoms with E-state index in [9.17, 15) is 0 Å². The van der Waals surface area contributed by atoms with Gasteiger partial charge in [-0.05, 0) is 20.3 Å². The molecule has 1 unspecified atom stereocenters. The lowest BCUT2D eigenvalue weighted by Crippen LogP contribution is -2.41. The molecule has 1 aromatic heterocycles. The van der Waals surface area contributed by atoms with Crippen LogP contribution < -0.4 is 5.32 Å². The van der Waals surface area contributed by atoms with E-state index in [1.165, 1.54) is 0 Å². The number of nitrogens with zero attached hydrogens (tertiary/aromatic N) is 3. The molecule has 5 heteroatoms. The molecular formula is C14H24N4O. The van der Waals surface area contributed by atoms with Crippen molar-refractivity contribution in [3.8, 4) is 0 Å². The van der Waals surface area contributed by atoms with Gasteiger partial charge in [-0.15, -0.1) is 0 Å². The molecule has 2 heterocycles. The summed E-state index contributed by atoms with van der Waals surface area (Å²) in [6.07, 6.45) is 1.42. The lowest BCUT2D eigenvalue weighted by atomic mass is 10.2. The number of aromatic nitrogens is 2. The number of aryl methyl sites for hydroxylation is 1. The van der Waals surface area contributed by atoms with Gasteiger partial charge in [-0.2, -0.15) is 0 Å². The summed E-state index contributed by atoms with van der Waals surface area (Å²) in [6.45, 7) is 10.7. The number of hydrogen-bond acceptors (Lipinski definition) is 5. The molecule has 0 aliphatic carbocycles. The molecule has 1 aliphatic heterocycles. The van der Waals surface area contributed by atoms with E-state index in [1.807, 2.05) is 13.0 Å². The van der Waals surface area contributed by atoms with Crippen LogP contribution in [0.4, 0.5) is 5.82 Å². The van der Waals surface area contributed by atoms with Crippen LogP contribution in [0.5, 0.6) is 0 Å². The van der Waals surface area contributed by atoms with Gasteiger partial charge in [0, 0.05) is 31.4 Å². The van der Waals surface area contributed by atoms with E-state index in [4.69, 9.17) is 4.74 Å². The second-order valence-electron chi connectivity index (χ2n) is 4.98. The monoisotopic (exact) mass is 264 g/mol. The number of rotatable bonds is 5. The fraction of sp³-hybridized carbons (Fsp3) is 0.714. The standard InChI is InChI=1S/C14H24N4O/c1-4-12-9-18(6-7-19-12)10-14-16-11(3)8-13(17-14)15-5-2/h8,12H,4-7,9-10H2,1-3H3,(H,15,16,17). The Bertz CT molecular complexity index is 410. The van der Waals surface area contributed by atoms with Crippen molar-refractivity contribution in [3.63, 3.8) is 0 Å². The quantitative estimate of drug-likeness (QED) is 0.879. The van der Waals surface area contributed by atoms with E-state index in [-0.39, 0.29) is 0 Å². The van der Waals surface area contributed by atoms with Gasteiger partial charge >= 0.3 is 0 Å². The van der Waals surface area contributed by atoms with Crippen LogP contribution in [-0.2, 0) is 11.3 Å².